The Morgan fingerprint density at radius 2 is 2.12 bits per heavy atom. The van der Waals surface area contributed by atoms with Crippen molar-refractivity contribution < 1.29 is 4.39 Å². The molecular formula is C12H17ClFN3. The standard InChI is InChI=1S/C12H17ClFN3/c13-9-2-1-3-10(14)12(9)11(8-15)17-6-4-16-5-7-17/h1-3,11,16H,4-8,15H2. The maximum Gasteiger partial charge on any atom is 0.129 e. The minimum absolute atomic E-state index is 0.134. The van der Waals surface area contributed by atoms with Crippen LogP contribution in [0.2, 0.25) is 5.02 Å². The first-order chi connectivity index (χ1) is 8.24. The summed E-state index contributed by atoms with van der Waals surface area (Å²) < 4.78 is 13.9. The fourth-order valence-electron chi connectivity index (χ4n) is 2.27. The van der Waals surface area contributed by atoms with Crippen molar-refractivity contribution in [2.24, 2.45) is 5.73 Å². The average molecular weight is 258 g/mol. The topological polar surface area (TPSA) is 41.3 Å². The van der Waals surface area contributed by atoms with Crippen molar-refractivity contribution >= 4 is 11.6 Å². The normalized spacial score (nSPS) is 19.2. The van der Waals surface area contributed by atoms with Crippen LogP contribution >= 0.6 is 11.6 Å². The van der Waals surface area contributed by atoms with Crippen molar-refractivity contribution in [2.75, 3.05) is 32.7 Å². The molecular weight excluding hydrogens is 241 g/mol. The van der Waals surface area contributed by atoms with Crippen molar-refractivity contribution in [3.05, 3.63) is 34.6 Å². The molecule has 1 aliphatic heterocycles. The first-order valence-corrected chi connectivity index (χ1v) is 6.20. The Labute approximate surface area is 106 Å². The second kappa shape index (κ2) is 5.78. The van der Waals surface area contributed by atoms with Gasteiger partial charge in [0.05, 0.1) is 6.04 Å². The van der Waals surface area contributed by atoms with Crippen LogP contribution in [0.4, 0.5) is 4.39 Å². The summed E-state index contributed by atoms with van der Waals surface area (Å²) in [7, 11) is 0. The number of rotatable bonds is 3. The third-order valence-corrected chi connectivity index (χ3v) is 3.48. The minimum Gasteiger partial charge on any atom is -0.329 e. The van der Waals surface area contributed by atoms with E-state index in [1.54, 1.807) is 12.1 Å². The molecule has 0 spiro atoms. The number of halogens is 2. The van der Waals surface area contributed by atoms with Gasteiger partial charge in [0.25, 0.3) is 0 Å². The average Bonchev–Trinajstić information content (AvgIpc) is 2.35. The summed E-state index contributed by atoms with van der Waals surface area (Å²) in [5, 5.41) is 3.72. The van der Waals surface area contributed by atoms with E-state index in [2.05, 4.69) is 10.2 Å². The number of piperazine rings is 1. The highest BCUT2D eigenvalue weighted by atomic mass is 35.5. The van der Waals surface area contributed by atoms with E-state index in [4.69, 9.17) is 17.3 Å². The van der Waals surface area contributed by atoms with Crippen LogP contribution < -0.4 is 11.1 Å². The lowest BCUT2D eigenvalue weighted by molar-refractivity contribution is 0.175. The molecule has 2 rings (SSSR count). The Morgan fingerprint density at radius 3 is 2.71 bits per heavy atom. The van der Waals surface area contributed by atoms with Crippen LogP contribution in [0.1, 0.15) is 11.6 Å². The van der Waals surface area contributed by atoms with Gasteiger partial charge in [-0.05, 0) is 12.1 Å². The third-order valence-electron chi connectivity index (χ3n) is 3.15. The van der Waals surface area contributed by atoms with E-state index >= 15 is 0 Å². The first-order valence-electron chi connectivity index (χ1n) is 5.82. The Bertz CT molecular complexity index is 360. The molecule has 0 bridgehead atoms. The van der Waals surface area contributed by atoms with Crippen LogP contribution in [-0.2, 0) is 0 Å². The van der Waals surface area contributed by atoms with Crippen LogP contribution in [0.15, 0.2) is 18.2 Å². The molecule has 0 radical (unpaired) electrons. The molecule has 1 saturated heterocycles. The fourth-order valence-corrected chi connectivity index (χ4v) is 2.56. The monoisotopic (exact) mass is 257 g/mol. The summed E-state index contributed by atoms with van der Waals surface area (Å²) in [6.07, 6.45) is 0. The number of hydrogen-bond donors (Lipinski definition) is 2. The van der Waals surface area contributed by atoms with Crippen LogP contribution in [-0.4, -0.2) is 37.6 Å². The first kappa shape index (κ1) is 12.8. The Hall–Kier alpha value is -0.680. The van der Waals surface area contributed by atoms with E-state index in [1.165, 1.54) is 6.07 Å². The summed E-state index contributed by atoms with van der Waals surface area (Å²) in [4.78, 5) is 2.18. The Balaban J connectivity index is 2.27. The molecule has 17 heavy (non-hydrogen) atoms. The van der Waals surface area contributed by atoms with E-state index in [0.717, 1.165) is 26.2 Å². The van der Waals surface area contributed by atoms with Crippen LogP contribution in [0.3, 0.4) is 0 Å². The Morgan fingerprint density at radius 1 is 1.41 bits per heavy atom. The number of nitrogens with two attached hydrogens (primary N) is 1. The minimum atomic E-state index is -0.272. The molecule has 0 saturated carbocycles. The SMILES string of the molecule is NCC(c1c(F)cccc1Cl)N1CCNCC1. The van der Waals surface area contributed by atoms with Gasteiger partial charge in [0.15, 0.2) is 0 Å². The van der Waals surface area contributed by atoms with Gasteiger partial charge in [-0.2, -0.15) is 0 Å². The van der Waals surface area contributed by atoms with E-state index < -0.39 is 0 Å². The van der Waals surface area contributed by atoms with Gasteiger partial charge < -0.3 is 11.1 Å². The molecule has 0 amide bonds. The maximum absolute atomic E-state index is 13.9. The quantitative estimate of drug-likeness (QED) is 0.860. The lowest BCUT2D eigenvalue weighted by Gasteiger charge is -2.35. The van der Waals surface area contributed by atoms with Gasteiger partial charge in [-0.1, -0.05) is 17.7 Å². The highest BCUT2D eigenvalue weighted by Gasteiger charge is 2.25. The van der Waals surface area contributed by atoms with Gasteiger partial charge in [-0.25, -0.2) is 4.39 Å². The lowest BCUT2D eigenvalue weighted by Crippen LogP contribution is -2.47. The molecule has 0 aliphatic carbocycles. The van der Waals surface area contributed by atoms with Gasteiger partial charge in [0.2, 0.25) is 0 Å². The molecule has 1 aromatic carbocycles. The molecule has 3 N–H and O–H groups in total. The molecule has 5 heteroatoms. The largest absolute Gasteiger partial charge is 0.329 e. The molecule has 1 aliphatic rings. The van der Waals surface area contributed by atoms with Crippen molar-refractivity contribution in [1.29, 1.82) is 0 Å². The molecule has 0 aromatic heterocycles. The van der Waals surface area contributed by atoms with E-state index in [0.29, 0.717) is 17.1 Å². The lowest BCUT2D eigenvalue weighted by atomic mass is 10.0. The zero-order valence-corrected chi connectivity index (χ0v) is 10.4. The summed E-state index contributed by atoms with van der Waals surface area (Å²) in [5.74, 6) is -0.272. The zero-order valence-electron chi connectivity index (χ0n) is 9.63. The fraction of sp³-hybridized carbons (Fsp3) is 0.500. The van der Waals surface area contributed by atoms with Gasteiger partial charge in [-0.15, -0.1) is 0 Å². The van der Waals surface area contributed by atoms with E-state index in [-0.39, 0.29) is 11.9 Å². The Kier molecular flexibility index (Phi) is 4.34. The molecule has 1 fully saturated rings. The van der Waals surface area contributed by atoms with Crippen molar-refractivity contribution in [3.63, 3.8) is 0 Å². The van der Waals surface area contributed by atoms with Crippen LogP contribution in [0.5, 0.6) is 0 Å². The molecule has 3 nitrogen and oxygen atoms in total. The van der Waals surface area contributed by atoms with Gasteiger partial charge >= 0.3 is 0 Å². The van der Waals surface area contributed by atoms with E-state index in [1.807, 2.05) is 0 Å². The number of hydrogen-bond acceptors (Lipinski definition) is 3. The molecule has 1 heterocycles. The zero-order chi connectivity index (χ0) is 12.3. The van der Waals surface area contributed by atoms with Crippen molar-refractivity contribution in [1.82, 2.24) is 10.2 Å². The van der Waals surface area contributed by atoms with Crippen LogP contribution in [0, 0.1) is 5.82 Å². The number of benzene rings is 1. The van der Waals surface area contributed by atoms with E-state index in [9.17, 15) is 4.39 Å². The molecule has 1 atom stereocenters. The second-order valence-electron chi connectivity index (χ2n) is 4.17. The number of nitrogens with one attached hydrogen (secondary N) is 1. The molecule has 1 aromatic rings. The summed E-state index contributed by atoms with van der Waals surface area (Å²) in [6, 6.07) is 4.63. The van der Waals surface area contributed by atoms with Gasteiger partial charge in [0, 0.05) is 43.3 Å². The maximum atomic E-state index is 13.9. The van der Waals surface area contributed by atoms with Crippen molar-refractivity contribution in [2.45, 2.75) is 6.04 Å². The summed E-state index contributed by atoms with van der Waals surface area (Å²) >= 11 is 6.08. The predicted octanol–water partition coefficient (Wildman–Crippen LogP) is 1.38. The van der Waals surface area contributed by atoms with Gasteiger partial charge in [-0.3, -0.25) is 4.90 Å². The molecule has 94 valence electrons. The third kappa shape index (κ3) is 2.77. The smallest absolute Gasteiger partial charge is 0.129 e. The van der Waals surface area contributed by atoms with Crippen molar-refractivity contribution in [3.8, 4) is 0 Å². The summed E-state index contributed by atoms with van der Waals surface area (Å²) in [5.41, 5.74) is 6.31. The van der Waals surface area contributed by atoms with Crippen LogP contribution in [0.25, 0.3) is 0 Å². The molecule has 1 unspecified atom stereocenters. The summed E-state index contributed by atoms with van der Waals surface area (Å²) in [6.45, 7) is 3.92. The highest BCUT2D eigenvalue weighted by Crippen LogP contribution is 2.29. The predicted molar refractivity (Wildman–Crippen MR) is 67.6 cm³/mol. The number of nitrogens with zero attached hydrogens (tertiary/aromatic N) is 1. The highest BCUT2D eigenvalue weighted by molar-refractivity contribution is 6.31. The second-order valence-corrected chi connectivity index (χ2v) is 4.58. The van der Waals surface area contributed by atoms with Gasteiger partial charge in [0.1, 0.15) is 5.82 Å².